The van der Waals surface area contributed by atoms with Crippen LogP contribution in [0.25, 0.3) is 0 Å². The van der Waals surface area contributed by atoms with Crippen LogP contribution in [0.1, 0.15) is 46.0 Å². The van der Waals surface area contributed by atoms with Gasteiger partial charge in [-0.3, -0.25) is 4.79 Å². The summed E-state index contributed by atoms with van der Waals surface area (Å²) in [5.74, 6) is 1.59. The average Bonchev–Trinajstić information content (AvgIpc) is 1.98. The molecule has 0 radical (unpaired) electrons. The fourth-order valence-corrected chi connectivity index (χ4v) is 1.71. The predicted octanol–water partition coefficient (Wildman–Crippen LogP) is 2.79. The highest BCUT2D eigenvalue weighted by molar-refractivity contribution is 5.80. The summed E-state index contributed by atoms with van der Waals surface area (Å²) in [5.41, 5.74) is 0. The van der Waals surface area contributed by atoms with Crippen LogP contribution in [-0.2, 0) is 4.79 Å². The molecule has 64 valence electrons. The topological polar surface area (TPSA) is 17.1 Å². The van der Waals surface area contributed by atoms with E-state index in [1.54, 1.807) is 0 Å². The summed E-state index contributed by atoms with van der Waals surface area (Å²) >= 11 is 0. The van der Waals surface area contributed by atoms with Gasteiger partial charge in [-0.1, -0.05) is 26.7 Å². The first kappa shape index (κ1) is 8.76. The number of hydrogen-bond donors (Lipinski definition) is 0. The fraction of sp³-hybridized carbons (Fsp3) is 0.900. The van der Waals surface area contributed by atoms with E-state index in [4.69, 9.17) is 0 Å². The van der Waals surface area contributed by atoms with Crippen molar-refractivity contribution < 1.29 is 4.79 Å². The molecule has 1 saturated carbocycles. The van der Waals surface area contributed by atoms with Gasteiger partial charge in [-0.15, -0.1) is 0 Å². The zero-order valence-electron chi connectivity index (χ0n) is 7.60. The van der Waals surface area contributed by atoms with Crippen molar-refractivity contribution in [3.05, 3.63) is 0 Å². The quantitative estimate of drug-likeness (QED) is 0.524. The second kappa shape index (κ2) is 3.89. The van der Waals surface area contributed by atoms with Crippen molar-refractivity contribution in [2.24, 2.45) is 11.8 Å². The minimum atomic E-state index is 0.336. The molecule has 0 aliphatic heterocycles. The average molecular weight is 154 g/mol. The van der Waals surface area contributed by atoms with Crippen molar-refractivity contribution in [3.8, 4) is 0 Å². The highest BCUT2D eigenvalue weighted by atomic mass is 16.1. The Morgan fingerprint density at radius 3 is 2.64 bits per heavy atom. The van der Waals surface area contributed by atoms with E-state index in [-0.39, 0.29) is 0 Å². The molecule has 0 N–H and O–H groups in total. The molecule has 0 aromatic rings. The van der Waals surface area contributed by atoms with Gasteiger partial charge in [0.2, 0.25) is 0 Å². The summed E-state index contributed by atoms with van der Waals surface area (Å²) < 4.78 is 0. The molecule has 2 atom stereocenters. The summed E-state index contributed by atoms with van der Waals surface area (Å²) in [6.07, 6.45) is 5.61. The third-order valence-corrected chi connectivity index (χ3v) is 2.77. The first-order valence-electron chi connectivity index (χ1n) is 4.73. The molecule has 1 aliphatic rings. The Labute approximate surface area is 69.2 Å². The van der Waals surface area contributed by atoms with Crippen molar-refractivity contribution in [2.45, 2.75) is 46.0 Å². The summed E-state index contributed by atoms with van der Waals surface area (Å²) in [5, 5.41) is 0. The minimum absolute atomic E-state index is 0.336. The fourth-order valence-electron chi connectivity index (χ4n) is 1.71. The van der Waals surface area contributed by atoms with Gasteiger partial charge in [0.25, 0.3) is 0 Å². The van der Waals surface area contributed by atoms with Gasteiger partial charge in [0.05, 0.1) is 0 Å². The highest BCUT2D eigenvalue weighted by Gasteiger charge is 2.17. The molecule has 1 heteroatoms. The van der Waals surface area contributed by atoms with E-state index in [1.807, 2.05) is 0 Å². The van der Waals surface area contributed by atoms with Crippen LogP contribution in [0.4, 0.5) is 0 Å². The first-order valence-corrected chi connectivity index (χ1v) is 4.73. The van der Waals surface area contributed by atoms with E-state index < -0.39 is 0 Å². The number of rotatable bonds is 0. The van der Waals surface area contributed by atoms with Gasteiger partial charge in [-0.2, -0.15) is 0 Å². The second-order valence-electron chi connectivity index (χ2n) is 3.94. The summed E-state index contributed by atoms with van der Waals surface area (Å²) in [4.78, 5) is 11.3. The molecule has 0 aromatic carbocycles. The van der Waals surface area contributed by atoms with Gasteiger partial charge < -0.3 is 0 Å². The molecule has 0 aromatic heterocycles. The lowest BCUT2D eigenvalue weighted by Crippen LogP contribution is -2.15. The number of hydrogen-bond acceptors (Lipinski definition) is 1. The Morgan fingerprint density at radius 2 is 1.91 bits per heavy atom. The maximum atomic E-state index is 11.3. The van der Waals surface area contributed by atoms with Crippen LogP contribution in [0, 0.1) is 11.8 Å². The Kier molecular flexibility index (Phi) is 3.10. The summed E-state index contributed by atoms with van der Waals surface area (Å²) in [6.45, 7) is 4.32. The summed E-state index contributed by atoms with van der Waals surface area (Å²) in [6, 6.07) is 0. The van der Waals surface area contributed by atoms with Crippen LogP contribution in [0.5, 0.6) is 0 Å². The lowest BCUT2D eigenvalue weighted by Gasteiger charge is -2.18. The SMILES string of the molecule is CC1CCCC(C)C(=O)CC1. The number of carbonyl (C=O) groups is 1. The van der Waals surface area contributed by atoms with Crippen LogP contribution in [0.15, 0.2) is 0 Å². The van der Waals surface area contributed by atoms with E-state index in [1.165, 1.54) is 12.8 Å². The van der Waals surface area contributed by atoms with Crippen molar-refractivity contribution in [2.75, 3.05) is 0 Å². The molecule has 0 heterocycles. The van der Waals surface area contributed by atoms with Crippen molar-refractivity contribution in [1.29, 1.82) is 0 Å². The van der Waals surface area contributed by atoms with Crippen molar-refractivity contribution in [1.82, 2.24) is 0 Å². The van der Waals surface area contributed by atoms with Gasteiger partial charge in [0, 0.05) is 12.3 Å². The van der Waals surface area contributed by atoms with Crippen molar-refractivity contribution >= 4 is 5.78 Å². The van der Waals surface area contributed by atoms with E-state index in [9.17, 15) is 4.79 Å². The van der Waals surface area contributed by atoms with E-state index in [0.717, 1.165) is 25.2 Å². The van der Waals surface area contributed by atoms with Crippen LogP contribution in [-0.4, -0.2) is 5.78 Å². The Morgan fingerprint density at radius 1 is 1.18 bits per heavy atom. The molecule has 1 rings (SSSR count). The monoisotopic (exact) mass is 154 g/mol. The first-order chi connectivity index (χ1) is 5.20. The molecule has 1 aliphatic carbocycles. The largest absolute Gasteiger partial charge is 0.299 e. The standard InChI is InChI=1S/C10H18O/c1-8-4-3-5-9(2)10(11)7-6-8/h8-9H,3-7H2,1-2H3. The smallest absolute Gasteiger partial charge is 0.135 e. The number of Topliss-reactive ketones (excluding diaryl/α,β-unsaturated/α-hetero) is 1. The molecule has 2 unspecified atom stereocenters. The van der Waals surface area contributed by atoms with E-state index in [2.05, 4.69) is 13.8 Å². The Balaban J connectivity index is 2.41. The molecular weight excluding hydrogens is 136 g/mol. The third kappa shape index (κ3) is 2.64. The minimum Gasteiger partial charge on any atom is -0.299 e. The third-order valence-electron chi connectivity index (χ3n) is 2.77. The normalized spacial score (nSPS) is 34.5. The van der Waals surface area contributed by atoms with Gasteiger partial charge >= 0.3 is 0 Å². The molecule has 0 saturated heterocycles. The summed E-state index contributed by atoms with van der Waals surface area (Å²) in [7, 11) is 0. The van der Waals surface area contributed by atoms with E-state index >= 15 is 0 Å². The lowest BCUT2D eigenvalue weighted by atomic mass is 9.87. The molecule has 0 spiro atoms. The molecule has 0 amide bonds. The highest BCUT2D eigenvalue weighted by Crippen LogP contribution is 2.22. The van der Waals surface area contributed by atoms with Crippen molar-refractivity contribution in [3.63, 3.8) is 0 Å². The second-order valence-corrected chi connectivity index (χ2v) is 3.94. The maximum absolute atomic E-state index is 11.3. The number of carbonyl (C=O) groups excluding carboxylic acids is 1. The molecule has 11 heavy (non-hydrogen) atoms. The Hall–Kier alpha value is -0.330. The lowest BCUT2D eigenvalue weighted by molar-refractivity contribution is -0.123. The number of ketones is 1. The van der Waals surface area contributed by atoms with Gasteiger partial charge in [-0.05, 0) is 18.8 Å². The zero-order valence-corrected chi connectivity index (χ0v) is 7.60. The molecule has 1 fully saturated rings. The van der Waals surface area contributed by atoms with Crippen LogP contribution < -0.4 is 0 Å². The molecule has 1 nitrogen and oxygen atoms in total. The maximum Gasteiger partial charge on any atom is 0.135 e. The predicted molar refractivity (Wildman–Crippen MR) is 46.4 cm³/mol. The van der Waals surface area contributed by atoms with Gasteiger partial charge in [0.15, 0.2) is 0 Å². The van der Waals surface area contributed by atoms with Crippen LogP contribution in [0.2, 0.25) is 0 Å². The molecular formula is C10H18O. The zero-order chi connectivity index (χ0) is 8.27. The van der Waals surface area contributed by atoms with E-state index in [0.29, 0.717) is 11.7 Å². The molecule has 0 bridgehead atoms. The van der Waals surface area contributed by atoms with Crippen LogP contribution in [0.3, 0.4) is 0 Å². The Bertz CT molecular complexity index is 140. The van der Waals surface area contributed by atoms with Gasteiger partial charge in [-0.25, -0.2) is 0 Å². The van der Waals surface area contributed by atoms with Gasteiger partial charge in [0.1, 0.15) is 5.78 Å². The van der Waals surface area contributed by atoms with Crippen LogP contribution >= 0.6 is 0 Å².